The molecule has 0 bridgehead atoms. The predicted octanol–water partition coefficient (Wildman–Crippen LogP) is 4.08. The molecule has 1 aliphatic heterocycles. The van der Waals surface area contributed by atoms with E-state index in [1.54, 1.807) is 12.1 Å². The lowest BCUT2D eigenvalue weighted by Crippen LogP contribution is -2.57. The molecule has 0 atom stereocenters. The summed E-state index contributed by atoms with van der Waals surface area (Å²) in [5, 5.41) is 0.756. The Labute approximate surface area is 162 Å². The number of pyridine rings is 1. The molecule has 1 aliphatic rings. The van der Waals surface area contributed by atoms with E-state index in [9.17, 15) is 18.0 Å². The van der Waals surface area contributed by atoms with E-state index in [4.69, 9.17) is 32.7 Å². The Morgan fingerprint density at radius 2 is 1.96 bits per heavy atom. The molecule has 0 radical (unpaired) electrons. The standard InChI is InChI=1S/C17H13Cl2F3N2O3/c18-11-2-3-14(13(19)5-11)26-9-16(25)24-7-12(8-24)27-15-4-1-10(6-23-15)17(20,21)22/h1-6,12H,7-9H2. The third-order valence-corrected chi connectivity index (χ3v) is 4.33. The zero-order chi connectivity index (χ0) is 19.6. The highest BCUT2D eigenvalue weighted by molar-refractivity contribution is 6.35. The first-order chi connectivity index (χ1) is 12.7. The van der Waals surface area contributed by atoms with E-state index in [0.29, 0.717) is 35.1 Å². The van der Waals surface area contributed by atoms with Gasteiger partial charge in [0, 0.05) is 17.3 Å². The Bertz CT molecular complexity index is 825. The second kappa shape index (κ2) is 7.82. The zero-order valence-corrected chi connectivity index (χ0v) is 15.2. The number of carbonyl (C=O) groups excluding carboxylic acids is 1. The number of aromatic nitrogens is 1. The molecular formula is C17H13Cl2F3N2O3. The Kier molecular flexibility index (Phi) is 5.67. The van der Waals surface area contributed by atoms with E-state index in [2.05, 4.69) is 4.98 Å². The van der Waals surface area contributed by atoms with Crippen molar-refractivity contribution in [3.05, 3.63) is 52.1 Å². The fraction of sp³-hybridized carbons (Fsp3) is 0.294. The minimum Gasteiger partial charge on any atom is -0.482 e. The van der Waals surface area contributed by atoms with E-state index in [1.165, 1.54) is 11.0 Å². The summed E-state index contributed by atoms with van der Waals surface area (Å²) in [4.78, 5) is 17.2. The molecule has 1 aromatic carbocycles. The smallest absolute Gasteiger partial charge is 0.417 e. The van der Waals surface area contributed by atoms with Crippen LogP contribution in [0.25, 0.3) is 0 Å². The van der Waals surface area contributed by atoms with Gasteiger partial charge in [0.25, 0.3) is 5.91 Å². The summed E-state index contributed by atoms with van der Waals surface area (Å²) in [6.45, 7) is 0.380. The summed E-state index contributed by atoms with van der Waals surface area (Å²) >= 11 is 11.7. The topological polar surface area (TPSA) is 51.7 Å². The predicted molar refractivity (Wildman–Crippen MR) is 92.2 cm³/mol. The zero-order valence-electron chi connectivity index (χ0n) is 13.7. The van der Waals surface area contributed by atoms with Crippen LogP contribution >= 0.6 is 23.2 Å². The van der Waals surface area contributed by atoms with Gasteiger partial charge in [-0.3, -0.25) is 4.79 Å². The summed E-state index contributed by atoms with van der Waals surface area (Å²) in [5.41, 5.74) is -0.849. The van der Waals surface area contributed by atoms with Crippen LogP contribution in [-0.4, -0.2) is 41.6 Å². The molecule has 3 rings (SSSR count). The number of ether oxygens (including phenoxy) is 2. The minimum atomic E-state index is -4.45. The average molecular weight is 421 g/mol. The third kappa shape index (κ3) is 4.95. The summed E-state index contributed by atoms with van der Waals surface area (Å²) in [7, 11) is 0. The molecule has 0 unspecified atom stereocenters. The molecule has 0 aliphatic carbocycles. The summed E-state index contributed by atoms with van der Waals surface area (Å²) in [6.07, 6.45) is -4.07. The van der Waals surface area contributed by atoms with Crippen molar-refractivity contribution >= 4 is 29.1 Å². The van der Waals surface area contributed by atoms with Crippen LogP contribution in [0.1, 0.15) is 5.56 Å². The van der Waals surface area contributed by atoms with Gasteiger partial charge >= 0.3 is 6.18 Å². The summed E-state index contributed by atoms with van der Waals surface area (Å²) in [5.74, 6) is 0.155. The van der Waals surface area contributed by atoms with Crippen LogP contribution in [0, 0.1) is 0 Å². The SMILES string of the molecule is O=C(COc1ccc(Cl)cc1Cl)N1CC(Oc2ccc(C(F)(F)F)cn2)C1. The molecule has 1 aromatic heterocycles. The Balaban J connectivity index is 1.44. The molecule has 1 fully saturated rings. The van der Waals surface area contributed by atoms with Crippen molar-refractivity contribution in [2.75, 3.05) is 19.7 Å². The summed E-state index contributed by atoms with van der Waals surface area (Å²) < 4.78 is 48.3. The molecule has 10 heteroatoms. The Hall–Kier alpha value is -2.19. The number of hydrogen-bond acceptors (Lipinski definition) is 4. The molecule has 0 saturated carbocycles. The first kappa shape index (κ1) is 19.6. The van der Waals surface area contributed by atoms with Crippen molar-refractivity contribution in [2.24, 2.45) is 0 Å². The maximum Gasteiger partial charge on any atom is 0.417 e. The van der Waals surface area contributed by atoms with Gasteiger partial charge in [-0.05, 0) is 24.3 Å². The highest BCUT2D eigenvalue weighted by atomic mass is 35.5. The molecular weight excluding hydrogens is 408 g/mol. The molecule has 5 nitrogen and oxygen atoms in total. The molecule has 0 N–H and O–H groups in total. The number of amides is 1. The lowest BCUT2D eigenvalue weighted by atomic mass is 10.1. The van der Waals surface area contributed by atoms with Gasteiger partial charge in [0.1, 0.15) is 11.9 Å². The highest BCUT2D eigenvalue weighted by Gasteiger charge is 2.34. The molecule has 27 heavy (non-hydrogen) atoms. The van der Waals surface area contributed by atoms with E-state index >= 15 is 0 Å². The van der Waals surface area contributed by atoms with Crippen LogP contribution in [0.3, 0.4) is 0 Å². The molecule has 1 amide bonds. The van der Waals surface area contributed by atoms with Gasteiger partial charge in [0.2, 0.25) is 5.88 Å². The number of hydrogen-bond donors (Lipinski definition) is 0. The number of halogens is 5. The number of rotatable bonds is 5. The molecule has 2 heterocycles. The minimum absolute atomic E-state index is 0.0734. The van der Waals surface area contributed by atoms with Gasteiger partial charge < -0.3 is 14.4 Å². The number of carbonyl (C=O) groups is 1. The maximum atomic E-state index is 12.5. The van der Waals surface area contributed by atoms with Gasteiger partial charge in [-0.1, -0.05) is 23.2 Å². The quantitative estimate of drug-likeness (QED) is 0.731. The van der Waals surface area contributed by atoms with Crippen molar-refractivity contribution in [1.82, 2.24) is 9.88 Å². The number of likely N-dealkylation sites (tertiary alicyclic amines) is 1. The van der Waals surface area contributed by atoms with Gasteiger partial charge in [0.05, 0.1) is 23.7 Å². The number of nitrogens with zero attached hydrogens (tertiary/aromatic N) is 2. The molecule has 144 valence electrons. The van der Waals surface area contributed by atoms with Crippen LogP contribution in [0.15, 0.2) is 36.5 Å². The molecule has 0 spiro atoms. The van der Waals surface area contributed by atoms with Gasteiger partial charge in [0.15, 0.2) is 6.61 Å². The van der Waals surface area contributed by atoms with Gasteiger partial charge in [-0.15, -0.1) is 0 Å². The fourth-order valence-corrected chi connectivity index (χ4v) is 2.79. The first-order valence-corrected chi connectivity index (χ1v) is 8.53. The van der Waals surface area contributed by atoms with Gasteiger partial charge in [-0.2, -0.15) is 13.2 Å². The number of alkyl halides is 3. The summed E-state index contributed by atoms with van der Waals surface area (Å²) in [6, 6.07) is 6.72. The second-order valence-electron chi connectivity index (χ2n) is 5.78. The van der Waals surface area contributed by atoms with Crippen molar-refractivity contribution in [1.29, 1.82) is 0 Å². The lowest BCUT2D eigenvalue weighted by Gasteiger charge is -2.38. The van der Waals surface area contributed by atoms with Crippen molar-refractivity contribution in [3.63, 3.8) is 0 Å². The van der Waals surface area contributed by atoms with Crippen LogP contribution < -0.4 is 9.47 Å². The fourth-order valence-electron chi connectivity index (χ4n) is 2.33. The Morgan fingerprint density at radius 1 is 1.22 bits per heavy atom. The maximum absolute atomic E-state index is 12.5. The Morgan fingerprint density at radius 3 is 2.56 bits per heavy atom. The average Bonchev–Trinajstić information content (AvgIpc) is 2.56. The van der Waals surface area contributed by atoms with Crippen LogP contribution in [0.2, 0.25) is 10.0 Å². The van der Waals surface area contributed by atoms with E-state index in [1.807, 2.05) is 0 Å². The van der Waals surface area contributed by atoms with Crippen molar-refractivity contribution in [3.8, 4) is 11.6 Å². The van der Waals surface area contributed by atoms with Crippen molar-refractivity contribution < 1.29 is 27.4 Å². The second-order valence-corrected chi connectivity index (χ2v) is 6.63. The van der Waals surface area contributed by atoms with Gasteiger partial charge in [-0.25, -0.2) is 4.98 Å². The molecule has 1 saturated heterocycles. The van der Waals surface area contributed by atoms with Crippen LogP contribution in [-0.2, 0) is 11.0 Å². The largest absolute Gasteiger partial charge is 0.482 e. The highest BCUT2D eigenvalue weighted by Crippen LogP contribution is 2.30. The normalized spacial score (nSPS) is 14.6. The van der Waals surface area contributed by atoms with Crippen LogP contribution in [0.4, 0.5) is 13.2 Å². The third-order valence-electron chi connectivity index (χ3n) is 3.80. The van der Waals surface area contributed by atoms with Crippen LogP contribution in [0.5, 0.6) is 11.6 Å². The lowest BCUT2D eigenvalue weighted by molar-refractivity contribution is -0.142. The van der Waals surface area contributed by atoms with Crippen molar-refractivity contribution in [2.45, 2.75) is 12.3 Å². The van der Waals surface area contributed by atoms with E-state index in [-0.39, 0.29) is 24.5 Å². The van der Waals surface area contributed by atoms with E-state index < -0.39 is 11.7 Å². The van der Waals surface area contributed by atoms with E-state index in [0.717, 1.165) is 12.1 Å². The number of benzene rings is 1. The first-order valence-electron chi connectivity index (χ1n) is 7.78. The monoisotopic (exact) mass is 420 g/mol. The molecule has 2 aromatic rings.